The SMILES string of the molecule is CCCP(=O)(O)CC(C)O. The first-order valence-electron chi connectivity index (χ1n) is 3.47. The summed E-state index contributed by atoms with van der Waals surface area (Å²) in [4.78, 5) is 9.08. The van der Waals surface area contributed by atoms with E-state index in [0.717, 1.165) is 0 Å². The van der Waals surface area contributed by atoms with E-state index < -0.39 is 13.5 Å². The van der Waals surface area contributed by atoms with E-state index >= 15 is 0 Å². The molecule has 0 aromatic carbocycles. The molecule has 2 N–H and O–H groups in total. The van der Waals surface area contributed by atoms with Gasteiger partial charge in [0.15, 0.2) is 0 Å². The lowest BCUT2D eigenvalue weighted by Crippen LogP contribution is -2.08. The van der Waals surface area contributed by atoms with E-state index in [9.17, 15) is 4.57 Å². The first-order chi connectivity index (χ1) is 4.48. The Labute approximate surface area is 61.5 Å². The molecule has 0 rings (SSSR count). The van der Waals surface area contributed by atoms with Gasteiger partial charge >= 0.3 is 0 Å². The normalized spacial score (nSPS) is 20.0. The summed E-state index contributed by atoms with van der Waals surface area (Å²) in [7, 11) is -3.00. The summed E-state index contributed by atoms with van der Waals surface area (Å²) in [5.74, 6) is 0. The molecule has 62 valence electrons. The summed E-state index contributed by atoms with van der Waals surface area (Å²) in [6.07, 6.45) is 0.376. The van der Waals surface area contributed by atoms with E-state index in [4.69, 9.17) is 10.00 Å². The van der Waals surface area contributed by atoms with Crippen LogP contribution in [0.3, 0.4) is 0 Å². The van der Waals surface area contributed by atoms with Crippen LogP contribution in [0.5, 0.6) is 0 Å². The first-order valence-corrected chi connectivity index (χ1v) is 5.50. The van der Waals surface area contributed by atoms with Crippen molar-refractivity contribution < 1.29 is 14.6 Å². The van der Waals surface area contributed by atoms with Crippen molar-refractivity contribution in [3.05, 3.63) is 0 Å². The molecule has 0 heterocycles. The molecule has 2 atom stereocenters. The first kappa shape index (κ1) is 10.2. The fourth-order valence-corrected chi connectivity index (χ4v) is 2.56. The van der Waals surface area contributed by atoms with Gasteiger partial charge in [-0.15, -0.1) is 0 Å². The van der Waals surface area contributed by atoms with Crippen molar-refractivity contribution in [1.82, 2.24) is 0 Å². The molecule has 4 heteroatoms. The van der Waals surface area contributed by atoms with Crippen molar-refractivity contribution in [1.29, 1.82) is 0 Å². The third-order valence-electron chi connectivity index (χ3n) is 1.12. The molecule has 0 saturated heterocycles. The third kappa shape index (κ3) is 4.98. The van der Waals surface area contributed by atoms with E-state index in [1.807, 2.05) is 6.92 Å². The smallest absolute Gasteiger partial charge is 0.203 e. The van der Waals surface area contributed by atoms with Gasteiger partial charge in [-0.3, -0.25) is 4.57 Å². The number of hydrogen-bond acceptors (Lipinski definition) is 2. The second-order valence-corrected chi connectivity index (χ2v) is 5.11. The van der Waals surface area contributed by atoms with Gasteiger partial charge in [0.05, 0.1) is 12.3 Å². The second kappa shape index (κ2) is 4.12. The van der Waals surface area contributed by atoms with Crippen LogP contribution in [0.2, 0.25) is 0 Å². The molecular weight excluding hydrogens is 151 g/mol. The monoisotopic (exact) mass is 166 g/mol. The number of aliphatic hydroxyl groups excluding tert-OH is 1. The number of aliphatic hydroxyl groups is 1. The van der Waals surface area contributed by atoms with Crippen LogP contribution in [-0.4, -0.2) is 28.4 Å². The lowest BCUT2D eigenvalue weighted by molar-refractivity contribution is 0.214. The van der Waals surface area contributed by atoms with Gasteiger partial charge in [0.25, 0.3) is 0 Å². The van der Waals surface area contributed by atoms with Gasteiger partial charge in [0.1, 0.15) is 0 Å². The Bertz CT molecular complexity index is 133. The maximum absolute atomic E-state index is 11.0. The summed E-state index contributed by atoms with van der Waals surface area (Å²) in [5.41, 5.74) is 0. The average molecular weight is 166 g/mol. The van der Waals surface area contributed by atoms with Gasteiger partial charge in [0, 0.05) is 6.16 Å². The molecule has 0 aromatic rings. The van der Waals surface area contributed by atoms with E-state index in [0.29, 0.717) is 12.6 Å². The molecule has 0 radical (unpaired) electrons. The zero-order chi connectivity index (χ0) is 8.20. The summed E-state index contributed by atoms with van der Waals surface area (Å²) in [5, 5.41) is 8.78. The summed E-state index contributed by atoms with van der Waals surface area (Å²) < 4.78 is 11.0. The standard InChI is InChI=1S/C6H15O3P/c1-3-4-10(8,9)5-6(2)7/h6-7H,3-5H2,1-2H3,(H,8,9). The van der Waals surface area contributed by atoms with Gasteiger partial charge in [-0.05, 0) is 13.3 Å². The average Bonchev–Trinajstić information content (AvgIpc) is 1.59. The molecule has 0 fully saturated rings. The van der Waals surface area contributed by atoms with Crippen LogP contribution in [-0.2, 0) is 4.57 Å². The van der Waals surface area contributed by atoms with Crippen molar-refractivity contribution in [3.63, 3.8) is 0 Å². The van der Waals surface area contributed by atoms with Crippen LogP contribution in [0, 0.1) is 0 Å². The molecule has 0 aliphatic carbocycles. The van der Waals surface area contributed by atoms with Crippen LogP contribution in [0.4, 0.5) is 0 Å². The lowest BCUT2D eigenvalue weighted by atomic mass is 10.5. The summed E-state index contributed by atoms with van der Waals surface area (Å²) >= 11 is 0. The van der Waals surface area contributed by atoms with Crippen LogP contribution in [0.15, 0.2) is 0 Å². The topological polar surface area (TPSA) is 57.5 Å². The largest absolute Gasteiger partial charge is 0.393 e. The second-order valence-electron chi connectivity index (χ2n) is 2.60. The molecule has 0 aliphatic rings. The molecule has 0 aliphatic heterocycles. The van der Waals surface area contributed by atoms with Crippen LogP contribution >= 0.6 is 7.37 Å². The van der Waals surface area contributed by atoms with E-state index in [1.165, 1.54) is 6.92 Å². The molecule has 2 unspecified atom stereocenters. The highest BCUT2D eigenvalue weighted by Gasteiger charge is 2.18. The Balaban J connectivity index is 3.75. The van der Waals surface area contributed by atoms with Crippen molar-refractivity contribution >= 4 is 7.37 Å². The molecule has 0 amide bonds. The van der Waals surface area contributed by atoms with Crippen molar-refractivity contribution in [2.45, 2.75) is 26.4 Å². The fourth-order valence-electron chi connectivity index (χ4n) is 0.854. The van der Waals surface area contributed by atoms with Gasteiger partial charge < -0.3 is 10.00 Å². The molecule has 10 heavy (non-hydrogen) atoms. The Morgan fingerprint density at radius 2 is 2.10 bits per heavy atom. The predicted octanol–water partition coefficient (Wildman–Crippen LogP) is 1.05. The fraction of sp³-hybridized carbons (Fsp3) is 1.00. The molecule has 0 saturated carbocycles. The Morgan fingerprint density at radius 1 is 1.60 bits per heavy atom. The molecular formula is C6H15O3P. The highest BCUT2D eigenvalue weighted by atomic mass is 31.2. The van der Waals surface area contributed by atoms with Gasteiger partial charge in [-0.25, -0.2) is 0 Å². The Morgan fingerprint density at radius 3 is 2.40 bits per heavy atom. The zero-order valence-electron chi connectivity index (χ0n) is 6.45. The van der Waals surface area contributed by atoms with Crippen LogP contribution < -0.4 is 0 Å². The maximum atomic E-state index is 11.0. The van der Waals surface area contributed by atoms with E-state index in [-0.39, 0.29) is 6.16 Å². The minimum Gasteiger partial charge on any atom is -0.393 e. The quantitative estimate of drug-likeness (QED) is 0.613. The minimum atomic E-state index is -3.00. The lowest BCUT2D eigenvalue weighted by Gasteiger charge is -2.11. The maximum Gasteiger partial charge on any atom is 0.203 e. The Kier molecular flexibility index (Phi) is 4.18. The number of hydrogen-bond donors (Lipinski definition) is 2. The molecule has 0 spiro atoms. The van der Waals surface area contributed by atoms with Crippen molar-refractivity contribution in [2.24, 2.45) is 0 Å². The molecule has 3 nitrogen and oxygen atoms in total. The van der Waals surface area contributed by atoms with Crippen LogP contribution in [0.25, 0.3) is 0 Å². The van der Waals surface area contributed by atoms with E-state index in [1.54, 1.807) is 0 Å². The van der Waals surface area contributed by atoms with Crippen molar-refractivity contribution in [3.8, 4) is 0 Å². The Hall–Kier alpha value is 0.150. The van der Waals surface area contributed by atoms with Crippen LogP contribution in [0.1, 0.15) is 20.3 Å². The minimum absolute atomic E-state index is 0.0286. The van der Waals surface area contributed by atoms with E-state index in [2.05, 4.69) is 0 Å². The van der Waals surface area contributed by atoms with Gasteiger partial charge in [-0.2, -0.15) is 0 Å². The zero-order valence-corrected chi connectivity index (χ0v) is 7.34. The number of rotatable bonds is 4. The van der Waals surface area contributed by atoms with Gasteiger partial charge in [-0.1, -0.05) is 6.92 Å². The highest BCUT2D eigenvalue weighted by Crippen LogP contribution is 2.41. The van der Waals surface area contributed by atoms with Gasteiger partial charge in [0.2, 0.25) is 7.37 Å². The molecule has 0 aromatic heterocycles. The third-order valence-corrected chi connectivity index (χ3v) is 3.37. The summed E-state index contributed by atoms with van der Waals surface area (Å²) in [6.45, 7) is 3.38. The van der Waals surface area contributed by atoms with Crippen molar-refractivity contribution in [2.75, 3.05) is 12.3 Å². The predicted molar refractivity (Wildman–Crippen MR) is 41.5 cm³/mol. The summed E-state index contributed by atoms with van der Waals surface area (Å²) in [6, 6.07) is 0. The molecule has 0 bridgehead atoms. The highest BCUT2D eigenvalue weighted by molar-refractivity contribution is 7.58.